The lowest BCUT2D eigenvalue weighted by atomic mass is 10.1. The summed E-state index contributed by atoms with van der Waals surface area (Å²) in [6.45, 7) is 2.23. The molecule has 124 valence electrons. The van der Waals surface area contributed by atoms with Crippen molar-refractivity contribution in [1.29, 1.82) is 0 Å². The summed E-state index contributed by atoms with van der Waals surface area (Å²) in [6.07, 6.45) is 5.91. The van der Waals surface area contributed by atoms with Gasteiger partial charge in [-0.1, -0.05) is 56.5 Å². The van der Waals surface area contributed by atoms with Crippen LogP contribution in [0.25, 0.3) is 22.6 Å². The summed E-state index contributed by atoms with van der Waals surface area (Å²) in [7, 11) is 0. The molecule has 0 aliphatic heterocycles. The van der Waals surface area contributed by atoms with Crippen molar-refractivity contribution >= 4 is 0 Å². The van der Waals surface area contributed by atoms with Gasteiger partial charge in [-0.05, 0) is 37.1 Å². The lowest BCUT2D eigenvalue weighted by Crippen LogP contribution is -1.90. The Morgan fingerprint density at radius 3 is 2.33 bits per heavy atom. The molecule has 3 heteroatoms. The van der Waals surface area contributed by atoms with Gasteiger partial charge in [0, 0.05) is 16.8 Å². The maximum atomic E-state index is 9.53. The van der Waals surface area contributed by atoms with Crippen LogP contribution in [0.15, 0.2) is 54.6 Å². The Bertz CT molecular complexity index is 760. The number of rotatable bonds is 7. The van der Waals surface area contributed by atoms with Crippen LogP contribution in [0.1, 0.15) is 38.3 Å². The Morgan fingerprint density at radius 2 is 1.62 bits per heavy atom. The minimum absolute atomic E-state index is 0.280. The van der Waals surface area contributed by atoms with Crippen LogP contribution in [0, 0.1) is 0 Å². The number of nitrogens with one attached hydrogen (secondary N) is 1. The molecule has 0 bridgehead atoms. The summed E-state index contributed by atoms with van der Waals surface area (Å²) in [5.74, 6) is 1.19. The van der Waals surface area contributed by atoms with Crippen LogP contribution < -0.4 is 0 Å². The lowest BCUT2D eigenvalue weighted by molar-refractivity contribution is 0.475. The van der Waals surface area contributed by atoms with Gasteiger partial charge in [-0.25, -0.2) is 4.98 Å². The van der Waals surface area contributed by atoms with Gasteiger partial charge in [0.25, 0.3) is 0 Å². The van der Waals surface area contributed by atoms with Crippen molar-refractivity contribution in [3.63, 3.8) is 0 Å². The van der Waals surface area contributed by atoms with Gasteiger partial charge in [0.05, 0.1) is 5.69 Å². The Hall–Kier alpha value is -2.55. The molecule has 2 N–H and O–H groups in total. The van der Waals surface area contributed by atoms with E-state index in [0.29, 0.717) is 0 Å². The molecule has 0 unspecified atom stereocenters. The zero-order valence-corrected chi connectivity index (χ0v) is 14.1. The van der Waals surface area contributed by atoms with Gasteiger partial charge in [-0.2, -0.15) is 0 Å². The first-order valence-electron chi connectivity index (χ1n) is 8.71. The van der Waals surface area contributed by atoms with Crippen molar-refractivity contribution < 1.29 is 5.11 Å². The number of benzene rings is 2. The fraction of sp³-hybridized carbons (Fsp3) is 0.286. The quantitative estimate of drug-likeness (QED) is 0.559. The summed E-state index contributed by atoms with van der Waals surface area (Å²) in [4.78, 5) is 8.36. The van der Waals surface area contributed by atoms with E-state index in [1.54, 1.807) is 12.1 Å². The summed E-state index contributed by atoms with van der Waals surface area (Å²) in [6, 6.07) is 17.5. The number of aromatic amines is 1. The predicted molar refractivity (Wildman–Crippen MR) is 99.0 cm³/mol. The number of nitrogens with zero attached hydrogens (tertiary/aromatic N) is 1. The standard InChI is InChI=1S/C21H24N2O/c1-2-3-4-8-11-19-20(16-12-14-18(24)15-13-16)23-21(22-19)17-9-6-5-7-10-17/h5-7,9-10,12-15,24H,2-4,8,11H2,1H3,(H,22,23). The number of aryl methyl sites for hydroxylation is 1. The molecule has 2 aromatic carbocycles. The maximum Gasteiger partial charge on any atom is 0.138 e. The van der Waals surface area contributed by atoms with Crippen molar-refractivity contribution in [3.05, 3.63) is 60.3 Å². The van der Waals surface area contributed by atoms with Crippen LogP contribution in [0.3, 0.4) is 0 Å². The van der Waals surface area contributed by atoms with Crippen molar-refractivity contribution in [3.8, 4) is 28.4 Å². The third kappa shape index (κ3) is 3.85. The highest BCUT2D eigenvalue weighted by atomic mass is 16.3. The summed E-state index contributed by atoms with van der Waals surface area (Å²) in [5, 5.41) is 9.53. The number of hydrogen-bond acceptors (Lipinski definition) is 2. The van der Waals surface area contributed by atoms with Gasteiger partial charge in [0.1, 0.15) is 11.6 Å². The number of hydrogen-bond donors (Lipinski definition) is 2. The fourth-order valence-electron chi connectivity index (χ4n) is 2.91. The molecule has 0 aliphatic carbocycles. The van der Waals surface area contributed by atoms with E-state index in [9.17, 15) is 5.11 Å². The second-order valence-corrected chi connectivity index (χ2v) is 6.14. The largest absolute Gasteiger partial charge is 0.508 e. The number of unbranched alkanes of at least 4 members (excludes halogenated alkanes) is 3. The van der Waals surface area contributed by atoms with Gasteiger partial charge in [0.2, 0.25) is 0 Å². The molecule has 3 nitrogen and oxygen atoms in total. The van der Waals surface area contributed by atoms with Gasteiger partial charge in [-0.3, -0.25) is 0 Å². The SMILES string of the molecule is CCCCCCc1[nH]c(-c2ccccc2)nc1-c1ccc(O)cc1. The van der Waals surface area contributed by atoms with Crippen LogP contribution in [-0.2, 0) is 6.42 Å². The van der Waals surface area contributed by atoms with Gasteiger partial charge >= 0.3 is 0 Å². The molecule has 0 spiro atoms. The van der Waals surface area contributed by atoms with E-state index >= 15 is 0 Å². The molecule has 3 aromatic rings. The second kappa shape index (κ2) is 7.82. The molecule has 24 heavy (non-hydrogen) atoms. The Morgan fingerprint density at radius 1 is 0.875 bits per heavy atom. The summed E-state index contributed by atoms with van der Waals surface area (Å²) < 4.78 is 0. The first kappa shape index (κ1) is 16.3. The molecule has 0 fully saturated rings. The van der Waals surface area contributed by atoms with E-state index in [-0.39, 0.29) is 5.75 Å². The number of imidazole rings is 1. The topological polar surface area (TPSA) is 48.9 Å². The Kier molecular flexibility index (Phi) is 5.32. The average Bonchev–Trinajstić information content (AvgIpc) is 3.04. The van der Waals surface area contributed by atoms with E-state index < -0.39 is 0 Å². The molecule has 1 aromatic heterocycles. The summed E-state index contributed by atoms with van der Waals surface area (Å²) >= 11 is 0. The van der Waals surface area contributed by atoms with Crippen molar-refractivity contribution in [2.24, 2.45) is 0 Å². The van der Waals surface area contributed by atoms with E-state index in [1.807, 2.05) is 30.3 Å². The Balaban J connectivity index is 1.92. The van der Waals surface area contributed by atoms with Crippen LogP contribution in [0.5, 0.6) is 5.75 Å². The van der Waals surface area contributed by atoms with Gasteiger partial charge < -0.3 is 10.1 Å². The fourth-order valence-corrected chi connectivity index (χ4v) is 2.91. The smallest absolute Gasteiger partial charge is 0.138 e. The number of phenols is 1. The number of aromatic nitrogens is 2. The Labute approximate surface area is 143 Å². The molecule has 1 heterocycles. The zero-order valence-electron chi connectivity index (χ0n) is 14.1. The van der Waals surface area contributed by atoms with Crippen LogP contribution >= 0.6 is 0 Å². The molecule has 0 aliphatic rings. The number of phenolic OH excluding ortho intramolecular Hbond substituents is 1. The highest BCUT2D eigenvalue weighted by Gasteiger charge is 2.13. The third-order valence-corrected chi connectivity index (χ3v) is 4.25. The zero-order chi connectivity index (χ0) is 16.8. The first-order chi connectivity index (χ1) is 11.8. The molecule has 3 rings (SSSR count). The van der Waals surface area contributed by atoms with Gasteiger partial charge in [0.15, 0.2) is 0 Å². The van der Waals surface area contributed by atoms with E-state index in [0.717, 1.165) is 35.5 Å². The van der Waals surface area contributed by atoms with Crippen LogP contribution in [-0.4, -0.2) is 15.1 Å². The van der Waals surface area contributed by atoms with Crippen molar-refractivity contribution in [2.45, 2.75) is 39.0 Å². The monoisotopic (exact) mass is 320 g/mol. The summed E-state index contributed by atoms with van der Waals surface area (Å²) in [5.41, 5.74) is 4.30. The average molecular weight is 320 g/mol. The molecular formula is C21H24N2O. The third-order valence-electron chi connectivity index (χ3n) is 4.25. The molecule has 0 amide bonds. The molecule has 0 radical (unpaired) electrons. The van der Waals surface area contributed by atoms with E-state index in [2.05, 4.69) is 24.0 Å². The van der Waals surface area contributed by atoms with Crippen LogP contribution in [0.4, 0.5) is 0 Å². The van der Waals surface area contributed by atoms with Gasteiger partial charge in [-0.15, -0.1) is 0 Å². The normalized spacial score (nSPS) is 10.9. The van der Waals surface area contributed by atoms with Crippen LogP contribution in [0.2, 0.25) is 0 Å². The predicted octanol–water partition coefficient (Wildman–Crippen LogP) is 5.57. The first-order valence-corrected chi connectivity index (χ1v) is 8.71. The molecule has 0 atom stereocenters. The highest BCUT2D eigenvalue weighted by molar-refractivity contribution is 5.68. The lowest BCUT2D eigenvalue weighted by Gasteiger charge is -2.03. The van der Waals surface area contributed by atoms with E-state index in [1.165, 1.54) is 25.0 Å². The minimum Gasteiger partial charge on any atom is -0.508 e. The second-order valence-electron chi connectivity index (χ2n) is 6.14. The number of H-pyrrole nitrogens is 1. The molecular weight excluding hydrogens is 296 g/mol. The van der Waals surface area contributed by atoms with E-state index in [4.69, 9.17) is 4.98 Å². The maximum absolute atomic E-state index is 9.53. The molecule has 0 saturated carbocycles. The number of aromatic hydroxyl groups is 1. The van der Waals surface area contributed by atoms with Crippen molar-refractivity contribution in [2.75, 3.05) is 0 Å². The minimum atomic E-state index is 0.280. The van der Waals surface area contributed by atoms with Crippen molar-refractivity contribution in [1.82, 2.24) is 9.97 Å². The highest BCUT2D eigenvalue weighted by Crippen LogP contribution is 2.28. The molecule has 0 saturated heterocycles.